The van der Waals surface area contributed by atoms with Crippen LogP contribution in [0.3, 0.4) is 0 Å². The Kier molecular flexibility index (Phi) is 5.92. The number of halogens is 1. The van der Waals surface area contributed by atoms with E-state index in [0.717, 1.165) is 10.0 Å². The number of hydrogen-bond donors (Lipinski definition) is 1. The lowest BCUT2D eigenvalue weighted by atomic mass is 10.1. The summed E-state index contributed by atoms with van der Waals surface area (Å²) in [5.74, 6) is 0.875. The zero-order valence-corrected chi connectivity index (χ0v) is 15.8. The number of amides is 1. The minimum Gasteiger partial charge on any atom is -0.495 e. The first-order valence-corrected chi connectivity index (χ1v) is 8.88. The second-order valence-electron chi connectivity index (χ2n) is 5.53. The zero-order chi connectivity index (χ0) is 18.4. The van der Waals surface area contributed by atoms with Crippen LogP contribution in [0.15, 0.2) is 77.3 Å². The van der Waals surface area contributed by atoms with Gasteiger partial charge in [0.2, 0.25) is 0 Å². The van der Waals surface area contributed by atoms with Gasteiger partial charge in [0.05, 0.1) is 18.4 Å². The molecule has 0 saturated carbocycles. The van der Waals surface area contributed by atoms with Gasteiger partial charge in [0.25, 0.3) is 5.91 Å². The molecule has 0 aliphatic heterocycles. The van der Waals surface area contributed by atoms with E-state index in [-0.39, 0.29) is 5.91 Å². The van der Waals surface area contributed by atoms with E-state index in [1.54, 1.807) is 31.4 Å². The fraction of sp³-hybridized carbons (Fsp3) is 0.0952. The van der Waals surface area contributed by atoms with E-state index in [4.69, 9.17) is 9.47 Å². The molecular formula is C21H18BrNO3. The number of benzene rings is 3. The van der Waals surface area contributed by atoms with Crippen molar-refractivity contribution in [1.29, 1.82) is 0 Å². The van der Waals surface area contributed by atoms with Crippen molar-refractivity contribution in [2.24, 2.45) is 0 Å². The predicted octanol–water partition coefficient (Wildman–Crippen LogP) is 5.29. The zero-order valence-electron chi connectivity index (χ0n) is 14.2. The molecule has 0 atom stereocenters. The van der Waals surface area contributed by atoms with E-state index in [1.165, 1.54) is 0 Å². The molecule has 0 radical (unpaired) electrons. The van der Waals surface area contributed by atoms with Crippen molar-refractivity contribution >= 4 is 27.5 Å². The molecular weight excluding hydrogens is 394 g/mol. The molecule has 0 heterocycles. The molecule has 1 N–H and O–H groups in total. The largest absolute Gasteiger partial charge is 0.495 e. The average Bonchev–Trinajstić information content (AvgIpc) is 2.68. The van der Waals surface area contributed by atoms with Crippen LogP contribution in [0.1, 0.15) is 15.9 Å². The second kappa shape index (κ2) is 8.54. The Labute approximate surface area is 160 Å². The molecule has 5 heteroatoms. The van der Waals surface area contributed by atoms with Crippen LogP contribution in [0.4, 0.5) is 5.69 Å². The van der Waals surface area contributed by atoms with Crippen molar-refractivity contribution in [3.63, 3.8) is 0 Å². The van der Waals surface area contributed by atoms with E-state index in [9.17, 15) is 4.79 Å². The molecule has 3 aromatic rings. The third kappa shape index (κ3) is 4.24. The Bertz CT molecular complexity index is 911. The topological polar surface area (TPSA) is 47.6 Å². The maximum absolute atomic E-state index is 12.7. The maximum atomic E-state index is 12.7. The lowest BCUT2D eigenvalue weighted by Crippen LogP contribution is -2.14. The Morgan fingerprint density at radius 3 is 2.35 bits per heavy atom. The van der Waals surface area contributed by atoms with Gasteiger partial charge < -0.3 is 14.8 Å². The number of ether oxygens (including phenoxy) is 2. The summed E-state index contributed by atoms with van der Waals surface area (Å²) in [5.41, 5.74) is 2.08. The highest BCUT2D eigenvalue weighted by Crippen LogP contribution is 2.26. The van der Waals surface area contributed by atoms with Crippen LogP contribution in [0.25, 0.3) is 0 Å². The van der Waals surface area contributed by atoms with Crippen LogP contribution >= 0.6 is 15.9 Å². The molecule has 132 valence electrons. The van der Waals surface area contributed by atoms with Crippen molar-refractivity contribution in [3.8, 4) is 11.5 Å². The molecule has 0 bridgehead atoms. The molecule has 0 spiro atoms. The molecule has 3 rings (SSSR count). The van der Waals surface area contributed by atoms with Gasteiger partial charge in [-0.15, -0.1) is 0 Å². The number of nitrogens with one attached hydrogen (secondary N) is 1. The van der Waals surface area contributed by atoms with Crippen LogP contribution in [0, 0.1) is 0 Å². The van der Waals surface area contributed by atoms with Gasteiger partial charge in [-0.1, -0.05) is 58.4 Å². The van der Waals surface area contributed by atoms with Crippen molar-refractivity contribution in [2.45, 2.75) is 6.61 Å². The smallest absolute Gasteiger partial charge is 0.259 e. The van der Waals surface area contributed by atoms with E-state index < -0.39 is 0 Å². The van der Waals surface area contributed by atoms with Crippen LogP contribution in [0.5, 0.6) is 11.5 Å². The monoisotopic (exact) mass is 411 g/mol. The van der Waals surface area contributed by atoms with Gasteiger partial charge in [-0.3, -0.25) is 4.79 Å². The summed E-state index contributed by atoms with van der Waals surface area (Å²) >= 11 is 3.50. The molecule has 0 saturated heterocycles. The first-order valence-electron chi connectivity index (χ1n) is 8.08. The number of hydrogen-bond acceptors (Lipinski definition) is 3. The van der Waals surface area contributed by atoms with Gasteiger partial charge in [-0.2, -0.15) is 0 Å². The second-order valence-corrected chi connectivity index (χ2v) is 6.38. The summed E-state index contributed by atoms with van der Waals surface area (Å²) in [6.45, 7) is 0.361. The molecule has 1 amide bonds. The first kappa shape index (κ1) is 18.0. The summed E-state index contributed by atoms with van der Waals surface area (Å²) in [5, 5.41) is 2.87. The average molecular weight is 412 g/mol. The summed E-state index contributed by atoms with van der Waals surface area (Å²) in [4.78, 5) is 12.7. The van der Waals surface area contributed by atoms with Gasteiger partial charge in [0.15, 0.2) is 0 Å². The summed E-state index contributed by atoms with van der Waals surface area (Å²) in [7, 11) is 1.57. The Morgan fingerprint density at radius 2 is 1.58 bits per heavy atom. The number of rotatable bonds is 6. The van der Waals surface area contributed by atoms with Crippen LogP contribution in [-0.4, -0.2) is 13.0 Å². The molecule has 26 heavy (non-hydrogen) atoms. The first-order chi connectivity index (χ1) is 12.7. The Morgan fingerprint density at radius 1 is 0.923 bits per heavy atom. The van der Waals surface area contributed by atoms with E-state index in [2.05, 4.69) is 21.2 Å². The van der Waals surface area contributed by atoms with Crippen molar-refractivity contribution in [3.05, 3.63) is 88.4 Å². The van der Waals surface area contributed by atoms with E-state index in [1.807, 2.05) is 48.5 Å². The highest BCUT2D eigenvalue weighted by Gasteiger charge is 2.14. The number of carbonyl (C=O) groups excluding carboxylic acids is 1. The van der Waals surface area contributed by atoms with Gasteiger partial charge in [-0.05, 0) is 30.3 Å². The van der Waals surface area contributed by atoms with Crippen molar-refractivity contribution < 1.29 is 14.3 Å². The van der Waals surface area contributed by atoms with E-state index >= 15 is 0 Å². The highest BCUT2D eigenvalue weighted by atomic mass is 79.9. The Hall–Kier alpha value is -2.79. The minimum absolute atomic E-state index is 0.253. The van der Waals surface area contributed by atoms with Crippen LogP contribution in [-0.2, 0) is 6.61 Å². The summed E-state index contributed by atoms with van der Waals surface area (Å²) < 4.78 is 12.1. The fourth-order valence-corrected chi connectivity index (χ4v) is 2.89. The molecule has 4 nitrogen and oxygen atoms in total. The summed E-state index contributed by atoms with van der Waals surface area (Å²) in [6.07, 6.45) is 0. The molecule has 0 fully saturated rings. The normalized spacial score (nSPS) is 10.2. The van der Waals surface area contributed by atoms with Crippen molar-refractivity contribution in [2.75, 3.05) is 12.4 Å². The molecule has 0 aromatic heterocycles. The van der Waals surface area contributed by atoms with E-state index in [0.29, 0.717) is 29.4 Å². The third-order valence-corrected chi connectivity index (χ3v) is 4.60. The van der Waals surface area contributed by atoms with Crippen LogP contribution in [0.2, 0.25) is 0 Å². The predicted molar refractivity (Wildman–Crippen MR) is 106 cm³/mol. The van der Waals surface area contributed by atoms with Gasteiger partial charge in [0, 0.05) is 10.0 Å². The standard InChI is InChI=1S/C21H18BrNO3/c1-25-20-13-7-5-11-18(20)23-21(24)16-9-3-6-12-19(16)26-14-15-8-2-4-10-17(15)22/h2-13H,14H2,1H3,(H,23,24). The molecule has 3 aromatic carbocycles. The lowest BCUT2D eigenvalue weighted by Gasteiger charge is -2.13. The number of methoxy groups -OCH3 is 1. The van der Waals surface area contributed by atoms with Crippen LogP contribution < -0.4 is 14.8 Å². The van der Waals surface area contributed by atoms with Crippen molar-refractivity contribution in [1.82, 2.24) is 0 Å². The van der Waals surface area contributed by atoms with Gasteiger partial charge >= 0.3 is 0 Å². The Balaban J connectivity index is 1.78. The SMILES string of the molecule is COc1ccccc1NC(=O)c1ccccc1OCc1ccccc1Br. The molecule has 0 aliphatic rings. The fourth-order valence-electron chi connectivity index (χ4n) is 2.49. The van der Waals surface area contributed by atoms with Gasteiger partial charge in [-0.25, -0.2) is 0 Å². The molecule has 0 aliphatic carbocycles. The number of para-hydroxylation sites is 3. The number of anilines is 1. The minimum atomic E-state index is -0.253. The highest BCUT2D eigenvalue weighted by molar-refractivity contribution is 9.10. The quantitative estimate of drug-likeness (QED) is 0.599. The summed E-state index contributed by atoms with van der Waals surface area (Å²) in [6, 6.07) is 22.3. The lowest BCUT2D eigenvalue weighted by molar-refractivity contribution is 0.102. The molecule has 0 unspecified atom stereocenters. The van der Waals surface area contributed by atoms with Gasteiger partial charge in [0.1, 0.15) is 18.1 Å². The maximum Gasteiger partial charge on any atom is 0.259 e. The number of carbonyl (C=O) groups is 1. The third-order valence-electron chi connectivity index (χ3n) is 3.83.